The molecule has 0 bridgehead atoms. The second kappa shape index (κ2) is 10.9. The zero-order chi connectivity index (χ0) is 15.5. The molecule has 0 heteroatoms. The lowest BCUT2D eigenvalue weighted by molar-refractivity contribution is 0.436. The van der Waals surface area contributed by atoms with E-state index in [1.165, 1.54) is 48.8 Å². The van der Waals surface area contributed by atoms with E-state index < -0.39 is 0 Å². The van der Waals surface area contributed by atoms with Gasteiger partial charge in [0.25, 0.3) is 0 Å². The average Bonchev–Trinajstić information content (AvgIpc) is 2.36. The zero-order valence-electron chi connectivity index (χ0n) is 14.8. The molecule has 0 heterocycles. The van der Waals surface area contributed by atoms with Crippen LogP contribution in [-0.2, 0) is 0 Å². The molecule has 20 heavy (non-hydrogen) atoms. The maximum atomic E-state index is 4.03. The monoisotopic (exact) mass is 276 g/mol. The van der Waals surface area contributed by atoms with Crippen LogP contribution in [0.3, 0.4) is 0 Å². The lowest BCUT2D eigenvalue weighted by Crippen LogP contribution is -1.97. The highest BCUT2D eigenvalue weighted by Gasteiger charge is 2.03. The van der Waals surface area contributed by atoms with E-state index in [0.717, 1.165) is 18.3 Å². The Bertz CT molecular complexity index is 328. The molecule has 0 amide bonds. The van der Waals surface area contributed by atoms with Crippen LogP contribution in [0.2, 0.25) is 0 Å². The van der Waals surface area contributed by atoms with E-state index in [2.05, 4.69) is 60.3 Å². The van der Waals surface area contributed by atoms with Crippen LogP contribution in [0.25, 0.3) is 0 Å². The summed E-state index contributed by atoms with van der Waals surface area (Å²) in [5.41, 5.74) is 4.06. The Morgan fingerprint density at radius 3 is 2.15 bits per heavy atom. The molecule has 0 N–H and O–H groups in total. The molecular weight excluding hydrogens is 240 g/mol. The van der Waals surface area contributed by atoms with Crippen molar-refractivity contribution in [3.05, 3.63) is 35.5 Å². The van der Waals surface area contributed by atoms with Gasteiger partial charge in [-0.2, -0.15) is 0 Å². The fourth-order valence-electron chi connectivity index (χ4n) is 2.38. The summed E-state index contributed by atoms with van der Waals surface area (Å²) in [6, 6.07) is 0. The summed E-state index contributed by atoms with van der Waals surface area (Å²) in [6.45, 7) is 17.6. The Morgan fingerprint density at radius 2 is 1.65 bits per heavy atom. The molecule has 0 aromatic rings. The summed E-state index contributed by atoms with van der Waals surface area (Å²) in [4.78, 5) is 0. The van der Waals surface area contributed by atoms with Gasteiger partial charge in [-0.1, -0.05) is 76.8 Å². The Balaban J connectivity index is 4.08. The summed E-state index contributed by atoms with van der Waals surface area (Å²) < 4.78 is 0. The molecule has 0 aromatic heterocycles. The second-order valence-corrected chi connectivity index (χ2v) is 6.81. The molecular formula is C20H36. The molecule has 1 unspecified atom stereocenters. The number of hydrogen-bond donors (Lipinski definition) is 0. The SMILES string of the molecule is C=C(C)/C(=C/C=C(\C)CCC(C)CCCC(C)C)CC. The first-order valence-corrected chi connectivity index (χ1v) is 8.39. The van der Waals surface area contributed by atoms with Crippen LogP contribution in [0, 0.1) is 11.8 Å². The standard InChI is InChI=1S/C20H36/c1-8-20(17(4)5)15-14-19(7)13-12-18(6)11-9-10-16(2)3/h14-16,18H,4,8-13H2,1-3,5-7H3/b19-14+,20-15+. The highest BCUT2D eigenvalue weighted by molar-refractivity contribution is 5.30. The van der Waals surface area contributed by atoms with Gasteiger partial charge in [-0.25, -0.2) is 0 Å². The van der Waals surface area contributed by atoms with E-state index in [0.29, 0.717) is 0 Å². The molecule has 0 spiro atoms. The first-order valence-electron chi connectivity index (χ1n) is 8.39. The Kier molecular flexibility index (Phi) is 10.5. The summed E-state index contributed by atoms with van der Waals surface area (Å²) in [6.07, 6.45) is 12.3. The third kappa shape index (κ3) is 10.1. The summed E-state index contributed by atoms with van der Waals surface area (Å²) in [5.74, 6) is 1.71. The molecule has 0 saturated heterocycles. The second-order valence-electron chi connectivity index (χ2n) is 6.81. The molecule has 0 aliphatic rings. The van der Waals surface area contributed by atoms with E-state index in [-0.39, 0.29) is 0 Å². The van der Waals surface area contributed by atoms with Gasteiger partial charge >= 0.3 is 0 Å². The van der Waals surface area contributed by atoms with Crippen molar-refractivity contribution >= 4 is 0 Å². The quantitative estimate of drug-likeness (QED) is 0.374. The molecule has 0 aliphatic heterocycles. The first-order chi connectivity index (χ1) is 9.36. The minimum atomic E-state index is 0.851. The van der Waals surface area contributed by atoms with Crippen molar-refractivity contribution in [2.45, 2.75) is 80.1 Å². The van der Waals surface area contributed by atoms with Crippen molar-refractivity contribution in [1.82, 2.24) is 0 Å². The van der Waals surface area contributed by atoms with Gasteiger partial charge < -0.3 is 0 Å². The molecule has 1 atom stereocenters. The summed E-state index contributed by atoms with van der Waals surface area (Å²) in [5, 5.41) is 0. The van der Waals surface area contributed by atoms with Gasteiger partial charge in [0.05, 0.1) is 0 Å². The van der Waals surface area contributed by atoms with Crippen LogP contribution in [0.4, 0.5) is 0 Å². The van der Waals surface area contributed by atoms with Crippen molar-refractivity contribution in [3.8, 4) is 0 Å². The predicted molar refractivity (Wildman–Crippen MR) is 94.0 cm³/mol. The van der Waals surface area contributed by atoms with Gasteiger partial charge in [-0.3, -0.25) is 0 Å². The third-order valence-electron chi connectivity index (χ3n) is 4.01. The van der Waals surface area contributed by atoms with E-state index in [1.807, 2.05) is 0 Å². The predicted octanol–water partition coefficient (Wildman–Crippen LogP) is 7.09. The third-order valence-corrected chi connectivity index (χ3v) is 4.01. The Morgan fingerprint density at radius 1 is 1.00 bits per heavy atom. The number of hydrogen-bond acceptors (Lipinski definition) is 0. The Labute approximate surface area is 128 Å². The zero-order valence-corrected chi connectivity index (χ0v) is 14.8. The highest BCUT2D eigenvalue weighted by atomic mass is 14.1. The van der Waals surface area contributed by atoms with Crippen molar-refractivity contribution in [3.63, 3.8) is 0 Å². The van der Waals surface area contributed by atoms with Gasteiger partial charge in [-0.05, 0) is 50.5 Å². The molecule has 116 valence electrons. The number of rotatable bonds is 10. The molecule has 0 radical (unpaired) electrons. The molecule has 0 fully saturated rings. The van der Waals surface area contributed by atoms with Crippen LogP contribution < -0.4 is 0 Å². The molecule has 0 aromatic carbocycles. The Hall–Kier alpha value is -0.780. The molecule has 0 saturated carbocycles. The van der Waals surface area contributed by atoms with Gasteiger partial charge in [-0.15, -0.1) is 0 Å². The van der Waals surface area contributed by atoms with Crippen LogP contribution in [-0.4, -0.2) is 0 Å². The average molecular weight is 277 g/mol. The van der Waals surface area contributed by atoms with Crippen molar-refractivity contribution in [2.75, 3.05) is 0 Å². The maximum absolute atomic E-state index is 4.03. The lowest BCUT2D eigenvalue weighted by atomic mass is 9.94. The minimum Gasteiger partial charge on any atom is -0.0958 e. The van der Waals surface area contributed by atoms with Crippen LogP contribution in [0.15, 0.2) is 35.5 Å². The van der Waals surface area contributed by atoms with Crippen molar-refractivity contribution in [2.24, 2.45) is 11.8 Å². The first kappa shape index (κ1) is 19.2. The van der Waals surface area contributed by atoms with Crippen LogP contribution in [0.1, 0.15) is 80.1 Å². The van der Waals surface area contributed by atoms with E-state index in [9.17, 15) is 0 Å². The van der Waals surface area contributed by atoms with Gasteiger partial charge in [0.2, 0.25) is 0 Å². The van der Waals surface area contributed by atoms with Gasteiger partial charge in [0.15, 0.2) is 0 Å². The summed E-state index contributed by atoms with van der Waals surface area (Å²) in [7, 11) is 0. The van der Waals surface area contributed by atoms with E-state index in [1.54, 1.807) is 0 Å². The summed E-state index contributed by atoms with van der Waals surface area (Å²) >= 11 is 0. The number of allylic oxidation sites excluding steroid dienone is 5. The van der Waals surface area contributed by atoms with Gasteiger partial charge in [0.1, 0.15) is 0 Å². The lowest BCUT2D eigenvalue weighted by Gasteiger charge is -2.12. The van der Waals surface area contributed by atoms with Crippen LogP contribution >= 0.6 is 0 Å². The minimum absolute atomic E-state index is 0.851. The van der Waals surface area contributed by atoms with Crippen molar-refractivity contribution < 1.29 is 0 Å². The topological polar surface area (TPSA) is 0 Å². The fraction of sp³-hybridized carbons (Fsp3) is 0.700. The highest BCUT2D eigenvalue weighted by Crippen LogP contribution is 2.19. The normalized spacial score (nSPS) is 14.8. The maximum Gasteiger partial charge on any atom is -0.0305 e. The fourth-order valence-corrected chi connectivity index (χ4v) is 2.38. The molecule has 0 nitrogen and oxygen atoms in total. The van der Waals surface area contributed by atoms with E-state index in [4.69, 9.17) is 0 Å². The largest absolute Gasteiger partial charge is 0.0958 e. The smallest absolute Gasteiger partial charge is 0.0305 e. The molecule has 0 rings (SSSR count). The molecule has 0 aliphatic carbocycles. The van der Waals surface area contributed by atoms with Gasteiger partial charge in [0, 0.05) is 0 Å². The van der Waals surface area contributed by atoms with Crippen LogP contribution in [0.5, 0.6) is 0 Å². The van der Waals surface area contributed by atoms with E-state index >= 15 is 0 Å². The van der Waals surface area contributed by atoms with Crippen molar-refractivity contribution in [1.29, 1.82) is 0 Å².